The molecule has 0 saturated carbocycles. The van der Waals surface area contributed by atoms with Gasteiger partial charge in [-0.15, -0.1) is 0 Å². The maximum atomic E-state index is 11.3. The summed E-state index contributed by atoms with van der Waals surface area (Å²) in [7, 11) is 0. The van der Waals surface area contributed by atoms with Gasteiger partial charge in [-0.1, -0.05) is 18.2 Å². The van der Waals surface area contributed by atoms with Crippen LogP contribution in [0, 0.1) is 6.92 Å². The molecule has 0 bridgehead atoms. The number of aliphatic hydroxyl groups is 1. The van der Waals surface area contributed by atoms with Crippen molar-refractivity contribution in [2.75, 3.05) is 44.2 Å². The highest BCUT2D eigenvalue weighted by Gasteiger charge is 2.20. The van der Waals surface area contributed by atoms with E-state index in [0.717, 1.165) is 26.2 Å². The second kappa shape index (κ2) is 9.02. The fourth-order valence-corrected chi connectivity index (χ4v) is 3.42. The first-order chi connectivity index (χ1) is 13.0. The zero-order valence-corrected chi connectivity index (χ0v) is 16.1. The predicted octanol–water partition coefficient (Wildman–Crippen LogP) is 2.76. The molecule has 0 aromatic heterocycles. The second-order valence-electron chi connectivity index (χ2n) is 7.12. The fourth-order valence-electron chi connectivity index (χ4n) is 3.42. The van der Waals surface area contributed by atoms with Gasteiger partial charge in [-0.2, -0.15) is 0 Å². The number of ketones is 1. The Morgan fingerprint density at radius 1 is 1.07 bits per heavy atom. The number of rotatable bonds is 7. The standard InChI is InChI=1S/C22H28N2O3/c1-17-5-3-4-6-22(17)24-13-11-23(12-14-24)15-20(26)16-27-21-9-7-19(8-10-21)18(2)25/h3-10,20,26H,11-16H2,1-2H3/t20-/m1/s1. The Morgan fingerprint density at radius 3 is 2.37 bits per heavy atom. The van der Waals surface area contributed by atoms with Gasteiger partial charge < -0.3 is 14.7 Å². The summed E-state index contributed by atoms with van der Waals surface area (Å²) in [6.07, 6.45) is -0.539. The molecule has 5 nitrogen and oxygen atoms in total. The molecule has 1 heterocycles. The van der Waals surface area contributed by atoms with Crippen molar-refractivity contribution in [2.45, 2.75) is 20.0 Å². The number of aryl methyl sites for hydroxylation is 1. The number of carbonyl (C=O) groups excluding carboxylic acids is 1. The first kappa shape index (κ1) is 19.4. The van der Waals surface area contributed by atoms with Crippen molar-refractivity contribution in [1.82, 2.24) is 4.90 Å². The van der Waals surface area contributed by atoms with Gasteiger partial charge in [0.2, 0.25) is 0 Å². The molecule has 0 aliphatic carbocycles. The number of ether oxygens (including phenoxy) is 1. The molecule has 1 aliphatic heterocycles. The summed E-state index contributed by atoms with van der Waals surface area (Å²) < 4.78 is 5.65. The molecule has 0 unspecified atom stereocenters. The van der Waals surface area contributed by atoms with Crippen LogP contribution in [-0.2, 0) is 0 Å². The van der Waals surface area contributed by atoms with Gasteiger partial charge in [0.05, 0.1) is 0 Å². The van der Waals surface area contributed by atoms with Crippen molar-refractivity contribution in [3.05, 3.63) is 59.7 Å². The van der Waals surface area contributed by atoms with Gasteiger partial charge in [0, 0.05) is 44.0 Å². The minimum Gasteiger partial charge on any atom is -0.491 e. The number of carbonyl (C=O) groups is 1. The Kier molecular flexibility index (Phi) is 6.48. The van der Waals surface area contributed by atoms with E-state index in [0.29, 0.717) is 17.9 Å². The number of β-amino-alcohol motifs (C(OH)–C–C–N with tert-alkyl or cyclic N) is 1. The maximum absolute atomic E-state index is 11.3. The quantitative estimate of drug-likeness (QED) is 0.762. The number of anilines is 1. The van der Waals surface area contributed by atoms with Gasteiger partial charge in [0.1, 0.15) is 18.5 Å². The monoisotopic (exact) mass is 368 g/mol. The van der Waals surface area contributed by atoms with E-state index in [1.54, 1.807) is 31.2 Å². The number of hydrogen-bond acceptors (Lipinski definition) is 5. The summed E-state index contributed by atoms with van der Waals surface area (Å²) in [6.45, 7) is 8.32. The molecule has 5 heteroatoms. The van der Waals surface area contributed by atoms with Gasteiger partial charge in [0.15, 0.2) is 5.78 Å². The molecule has 27 heavy (non-hydrogen) atoms. The molecule has 2 aromatic carbocycles. The second-order valence-corrected chi connectivity index (χ2v) is 7.12. The van der Waals surface area contributed by atoms with Gasteiger partial charge >= 0.3 is 0 Å². The van der Waals surface area contributed by atoms with Crippen molar-refractivity contribution >= 4 is 11.5 Å². The lowest BCUT2D eigenvalue weighted by Crippen LogP contribution is -2.49. The molecule has 1 saturated heterocycles. The smallest absolute Gasteiger partial charge is 0.159 e. The van der Waals surface area contributed by atoms with Crippen LogP contribution in [0.1, 0.15) is 22.8 Å². The van der Waals surface area contributed by atoms with E-state index in [1.165, 1.54) is 11.3 Å². The molecular weight excluding hydrogens is 340 g/mol. The van der Waals surface area contributed by atoms with Crippen LogP contribution >= 0.6 is 0 Å². The van der Waals surface area contributed by atoms with Crippen molar-refractivity contribution in [3.63, 3.8) is 0 Å². The zero-order valence-electron chi connectivity index (χ0n) is 16.1. The van der Waals surface area contributed by atoms with Crippen LogP contribution in [0.4, 0.5) is 5.69 Å². The SMILES string of the molecule is CC(=O)c1ccc(OC[C@H](O)CN2CCN(c3ccccc3C)CC2)cc1. The molecule has 1 fully saturated rings. The maximum Gasteiger partial charge on any atom is 0.159 e. The van der Waals surface area contributed by atoms with Crippen molar-refractivity contribution in [2.24, 2.45) is 0 Å². The van der Waals surface area contributed by atoms with E-state index in [4.69, 9.17) is 4.74 Å². The third-order valence-electron chi connectivity index (χ3n) is 5.00. The van der Waals surface area contributed by atoms with Gasteiger partial charge in [-0.3, -0.25) is 9.69 Å². The third-order valence-corrected chi connectivity index (χ3v) is 5.00. The van der Waals surface area contributed by atoms with Crippen molar-refractivity contribution in [1.29, 1.82) is 0 Å². The van der Waals surface area contributed by atoms with Crippen molar-refractivity contribution in [3.8, 4) is 5.75 Å². The largest absolute Gasteiger partial charge is 0.491 e. The van der Waals surface area contributed by atoms with E-state index >= 15 is 0 Å². The first-order valence-corrected chi connectivity index (χ1v) is 9.48. The third kappa shape index (κ3) is 5.31. The Hall–Kier alpha value is -2.37. The Balaban J connectivity index is 1.42. The normalized spacial score (nSPS) is 16.2. The molecule has 1 aliphatic rings. The minimum absolute atomic E-state index is 0.0337. The Morgan fingerprint density at radius 2 is 1.74 bits per heavy atom. The molecular formula is C22H28N2O3. The Labute approximate surface area is 161 Å². The molecule has 0 spiro atoms. The van der Waals surface area contributed by atoms with Gasteiger partial charge in [0.25, 0.3) is 0 Å². The van der Waals surface area contributed by atoms with E-state index in [9.17, 15) is 9.90 Å². The molecule has 144 valence electrons. The molecule has 1 N–H and O–H groups in total. The average molecular weight is 368 g/mol. The summed E-state index contributed by atoms with van der Waals surface area (Å²) in [5.41, 5.74) is 3.26. The molecule has 1 atom stereocenters. The number of benzene rings is 2. The fraction of sp³-hybridized carbons (Fsp3) is 0.409. The summed E-state index contributed by atoms with van der Waals surface area (Å²) in [6, 6.07) is 15.5. The number of aliphatic hydroxyl groups excluding tert-OH is 1. The highest BCUT2D eigenvalue weighted by atomic mass is 16.5. The first-order valence-electron chi connectivity index (χ1n) is 9.48. The Bertz CT molecular complexity index is 752. The lowest BCUT2D eigenvalue weighted by Gasteiger charge is -2.37. The van der Waals surface area contributed by atoms with Crippen LogP contribution in [0.2, 0.25) is 0 Å². The summed E-state index contributed by atoms with van der Waals surface area (Å²) in [4.78, 5) is 16.0. The zero-order chi connectivity index (χ0) is 19.2. The van der Waals surface area contributed by atoms with Crippen LogP contribution in [-0.4, -0.2) is 61.2 Å². The number of Topliss-reactive ketones (excluding diaryl/α,β-unsaturated/α-hetero) is 1. The minimum atomic E-state index is -0.539. The summed E-state index contributed by atoms with van der Waals surface area (Å²) in [5, 5.41) is 10.3. The average Bonchev–Trinajstić information content (AvgIpc) is 2.68. The highest BCUT2D eigenvalue weighted by molar-refractivity contribution is 5.94. The lowest BCUT2D eigenvalue weighted by molar-refractivity contribution is 0.0663. The topological polar surface area (TPSA) is 53.0 Å². The van der Waals surface area contributed by atoms with E-state index in [2.05, 4.69) is 41.0 Å². The number of hydrogen-bond donors (Lipinski definition) is 1. The number of para-hydroxylation sites is 1. The van der Waals surface area contributed by atoms with Crippen LogP contribution < -0.4 is 9.64 Å². The molecule has 0 amide bonds. The van der Waals surface area contributed by atoms with Crippen LogP contribution in [0.3, 0.4) is 0 Å². The van der Waals surface area contributed by atoms with Crippen molar-refractivity contribution < 1.29 is 14.6 Å². The summed E-state index contributed by atoms with van der Waals surface area (Å²) in [5.74, 6) is 0.704. The molecule has 2 aromatic rings. The predicted molar refractivity (Wildman–Crippen MR) is 108 cm³/mol. The van der Waals surface area contributed by atoms with Crippen LogP contribution in [0.25, 0.3) is 0 Å². The van der Waals surface area contributed by atoms with E-state index < -0.39 is 6.10 Å². The van der Waals surface area contributed by atoms with Gasteiger partial charge in [-0.05, 0) is 49.7 Å². The summed E-state index contributed by atoms with van der Waals surface area (Å²) >= 11 is 0. The van der Waals surface area contributed by atoms with Crippen LogP contribution in [0.5, 0.6) is 5.75 Å². The van der Waals surface area contributed by atoms with Crippen LogP contribution in [0.15, 0.2) is 48.5 Å². The van der Waals surface area contributed by atoms with E-state index in [1.807, 2.05) is 0 Å². The number of nitrogens with zero attached hydrogens (tertiary/aromatic N) is 2. The highest BCUT2D eigenvalue weighted by Crippen LogP contribution is 2.21. The van der Waals surface area contributed by atoms with E-state index in [-0.39, 0.29) is 12.4 Å². The molecule has 0 radical (unpaired) electrons. The lowest BCUT2D eigenvalue weighted by atomic mass is 10.1. The molecule has 3 rings (SSSR count). The van der Waals surface area contributed by atoms with Gasteiger partial charge in [-0.25, -0.2) is 0 Å². The number of piperazine rings is 1.